The van der Waals surface area contributed by atoms with Gasteiger partial charge >= 0.3 is 6.18 Å². The molecule has 1 aromatic carbocycles. The Kier molecular flexibility index (Phi) is 4.32. The standard InChI is InChI=1S/C12H14F3NOS/c1-11(2,3)18(17)16-8-9-4-6-10(7-5-9)12(13,14)15/h4-8H,1-3H3. The van der Waals surface area contributed by atoms with Gasteiger partial charge in [-0.05, 0) is 38.5 Å². The molecule has 0 spiro atoms. The molecule has 0 aliphatic carbocycles. The van der Waals surface area contributed by atoms with Crippen LogP contribution >= 0.6 is 0 Å². The Bertz CT molecular complexity index is 458. The summed E-state index contributed by atoms with van der Waals surface area (Å²) in [7, 11) is -1.41. The molecule has 0 N–H and O–H groups in total. The van der Waals surface area contributed by atoms with Crippen molar-refractivity contribution >= 4 is 17.2 Å². The first-order valence-corrected chi connectivity index (χ1v) is 6.35. The van der Waals surface area contributed by atoms with Crippen LogP contribution in [-0.2, 0) is 17.2 Å². The molecule has 0 heterocycles. The number of nitrogens with zero attached hydrogens (tertiary/aromatic N) is 1. The highest BCUT2D eigenvalue weighted by molar-refractivity contribution is 7.85. The van der Waals surface area contributed by atoms with Gasteiger partial charge < -0.3 is 0 Å². The first-order chi connectivity index (χ1) is 8.10. The summed E-state index contributed by atoms with van der Waals surface area (Å²) in [5.74, 6) is 0. The van der Waals surface area contributed by atoms with Crippen LogP contribution < -0.4 is 0 Å². The first-order valence-electron chi connectivity index (χ1n) is 5.24. The fraction of sp³-hybridized carbons (Fsp3) is 0.417. The monoisotopic (exact) mass is 277 g/mol. The number of hydrogen-bond donors (Lipinski definition) is 0. The molecule has 0 aromatic heterocycles. The molecular weight excluding hydrogens is 263 g/mol. The molecule has 6 heteroatoms. The lowest BCUT2D eigenvalue weighted by molar-refractivity contribution is -0.137. The molecule has 0 bridgehead atoms. The van der Waals surface area contributed by atoms with Crippen molar-refractivity contribution in [2.24, 2.45) is 4.40 Å². The maximum absolute atomic E-state index is 12.3. The maximum atomic E-state index is 12.3. The van der Waals surface area contributed by atoms with Crippen LogP contribution in [-0.4, -0.2) is 15.2 Å². The lowest BCUT2D eigenvalue weighted by Gasteiger charge is -2.12. The fourth-order valence-corrected chi connectivity index (χ4v) is 1.56. The van der Waals surface area contributed by atoms with Crippen LogP contribution in [0.3, 0.4) is 0 Å². The van der Waals surface area contributed by atoms with Crippen LogP contribution in [0.2, 0.25) is 0 Å². The molecule has 0 aliphatic heterocycles. The fourth-order valence-electron chi connectivity index (χ4n) is 1.03. The molecule has 18 heavy (non-hydrogen) atoms. The van der Waals surface area contributed by atoms with Crippen molar-refractivity contribution in [3.8, 4) is 0 Å². The molecule has 100 valence electrons. The Labute approximate surface area is 107 Å². The van der Waals surface area contributed by atoms with Crippen molar-refractivity contribution in [2.75, 3.05) is 0 Å². The number of alkyl halides is 3. The van der Waals surface area contributed by atoms with E-state index in [2.05, 4.69) is 4.40 Å². The van der Waals surface area contributed by atoms with E-state index in [4.69, 9.17) is 0 Å². The second-order valence-corrected chi connectivity index (χ2v) is 6.65. The first kappa shape index (κ1) is 14.9. The SMILES string of the molecule is CC(C)(C)S(=O)N=Cc1ccc(C(F)(F)F)cc1. The average Bonchev–Trinajstić information content (AvgIpc) is 2.24. The minimum absolute atomic E-state index is 0.484. The molecule has 0 amide bonds. The zero-order valence-corrected chi connectivity index (χ0v) is 11.1. The van der Waals surface area contributed by atoms with Gasteiger partial charge in [0, 0.05) is 6.21 Å². The second-order valence-electron chi connectivity index (χ2n) is 4.72. The van der Waals surface area contributed by atoms with Gasteiger partial charge in [0.25, 0.3) is 0 Å². The highest BCUT2D eigenvalue weighted by Crippen LogP contribution is 2.28. The summed E-state index contributed by atoms with van der Waals surface area (Å²) < 4.78 is 51.9. The van der Waals surface area contributed by atoms with E-state index in [1.54, 1.807) is 20.8 Å². The highest BCUT2D eigenvalue weighted by Gasteiger charge is 2.29. The van der Waals surface area contributed by atoms with Gasteiger partial charge in [-0.1, -0.05) is 12.1 Å². The number of rotatable bonds is 2. The van der Waals surface area contributed by atoms with Crippen LogP contribution in [0, 0.1) is 0 Å². The van der Waals surface area contributed by atoms with E-state index in [-0.39, 0.29) is 0 Å². The van der Waals surface area contributed by atoms with Crippen molar-refractivity contribution in [2.45, 2.75) is 31.7 Å². The van der Waals surface area contributed by atoms with E-state index in [0.29, 0.717) is 5.56 Å². The lowest BCUT2D eigenvalue weighted by Crippen LogP contribution is -2.19. The minimum Gasteiger partial charge on any atom is -0.234 e. The molecule has 0 saturated carbocycles. The molecule has 1 aromatic rings. The third kappa shape index (κ3) is 4.25. The number of hydrogen-bond acceptors (Lipinski definition) is 1. The minimum atomic E-state index is -4.34. The molecule has 2 nitrogen and oxygen atoms in total. The van der Waals surface area contributed by atoms with Gasteiger partial charge in [0.05, 0.1) is 10.3 Å². The van der Waals surface area contributed by atoms with Crippen molar-refractivity contribution in [1.82, 2.24) is 0 Å². The van der Waals surface area contributed by atoms with Gasteiger partial charge in [-0.15, -0.1) is 0 Å². The van der Waals surface area contributed by atoms with Crippen molar-refractivity contribution in [3.05, 3.63) is 35.4 Å². The topological polar surface area (TPSA) is 29.4 Å². The Morgan fingerprint density at radius 3 is 2.00 bits per heavy atom. The summed E-state index contributed by atoms with van der Waals surface area (Å²) >= 11 is 0. The largest absolute Gasteiger partial charge is 0.416 e. The predicted octanol–water partition coefficient (Wildman–Crippen LogP) is 3.59. The predicted molar refractivity (Wildman–Crippen MR) is 66.9 cm³/mol. The van der Waals surface area contributed by atoms with Crippen LogP contribution in [0.5, 0.6) is 0 Å². The Hall–Kier alpha value is -1.17. The van der Waals surface area contributed by atoms with Gasteiger partial charge in [0.2, 0.25) is 0 Å². The summed E-state index contributed by atoms with van der Waals surface area (Å²) in [6.45, 7) is 5.31. The van der Waals surface area contributed by atoms with E-state index in [1.165, 1.54) is 18.3 Å². The van der Waals surface area contributed by atoms with Gasteiger partial charge in [-0.2, -0.15) is 17.6 Å². The van der Waals surface area contributed by atoms with Crippen molar-refractivity contribution < 1.29 is 17.4 Å². The molecule has 0 fully saturated rings. The Balaban J connectivity index is 2.82. The van der Waals surface area contributed by atoms with E-state index in [0.717, 1.165) is 12.1 Å². The zero-order chi connectivity index (χ0) is 14.0. The zero-order valence-electron chi connectivity index (χ0n) is 10.3. The molecule has 0 aliphatic rings. The molecule has 1 unspecified atom stereocenters. The van der Waals surface area contributed by atoms with Crippen LogP contribution in [0.15, 0.2) is 28.7 Å². The Morgan fingerprint density at radius 1 is 1.11 bits per heavy atom. The Morgan fingerprint density at radius 2 is 1.61 bits per heavy atom. The summed E-state index contributed by atoms with van der Waals surface area (Å²) in [4.78, 5) is 0. The quantitative estimate of drug-likeness (QED) is 0.760. The molecule has 0 saturated heterocycles. The third-order valence-corrected chi connectivity index (χ3v) is 3.40. The van der Waals surface area contributed by atoms with E-state index >= 15 is 0 Å². The summed E-state index contributed by atoms with van der Waals surface area (Å²) in [6, 6.07) is 4.54. The van der Waals surface area contributed by atoms with Gasteiger partial charge in [0.15, 0.2) is 0 Å². The van der Waals surface area contributed by atoms with E-state index in [1.807, 2.05) is 0 Å². The molecule has 0 radical (unpaired) electrons. The third-order valence-electron chi connectivity index (χ3n) is 2.06. The summed E-state index contributed by atoms with van der Waals surface area (Å²) in [5.41, 5.74) is -0.225. The van der Waals surface area contributed by atoms with E-state index < -0.39 is 27.5 Å². The average molecular weight is 277 g/mol. The molecule has 1 rings (SSSR count). The second kappa shape index (κ2) is 5.22. The van der Waals surface area contributed by atoms with Gasteiger partial charge in [-0.25, -0.2) is 4.21 Å². The smallest absolute Gasteiger partial charge is 0.234 e. The van der Waals surface area contributed by atoms with Crippen LogP contribution in [0.25, 0.3) is 0 Å². The maximum Gasteiger partial charge on any atom is 0.416 e. The number of benzene rings is 1. The van der Waals surface area contributed by atoms with Crippen molar-refractivity contribution in [1.29, 1.82) is 0 Å². The lowest BCUT2D eigenvalue weighted by atomic mass is 10.1. The van der Waals surface area contributed by atoms with Gasteiger partial charge in [-0.3, -0.25) is 0 Å². The van der Waals surface area contributed by atoms with Crippen molar-refractivity contribution in [3.63, 3.8) is 0 Å². The molecule has 1 atom stereocenters. The normalized spacial score (nSPS) is 15.0. The highest BCUT2D eigenvalue weighted by atomic mass is 32.2. The molecular formula is C12H14F3NOS. The summed E-state index contributed by atoms with van der Waals surface area (Å²) in [5, 5.41) is 0. The van der Waals surface area contributed by atoms with Crippen LogP contribution in [0.4, 0.5) is 13.2 Å². The van der Waals surface area contributed by atoms with Crippen LogP contribution in [0.1, 0.15) is 31.9 Å². The summed E-state index contributed by atoms with van der Waals surface area (Å²) in [6.07, 6.45) is -3.02. The van der Waals surface area contributed by atoms with E-state index in [9.17, 15) is 17.4 Å². The number of halogens is 3. The van der Waals surface area contributed by atoms with Gasteiger partial charge in [0.1, 0.15) is 11.0 Å².